The molecule has 1 aliphatic heterocycles. The second-order valence-electron chi connectivity index (χ2n) is 4.02. The highest BCUT2D eigenvalue weighted by Crippen LogP contribution is 2.16. The molecule has 0 radical (unpaired) electrons. The van der Waals surface area contributed by atoms with Crippen LogP contribution in [0.4, 0.5) is 5.82 Å². The Morgan fingerprint density at radius 2 is 2.41 bits per heavy atom. The highest BCUT2D eigenvalue weighted by atomic mass is 16.3. The molecule has 0 saturated carbocycles. The Morgan fingerprint density at radius 3 is 2.94 bits per heavy atom. The molecule has 1 saturated heterocycles. The summed E-state index contributed by atoms with van der Waals surface area (Å²) in [6.45, 7) is 3.78. The van der Waals surface area contributed by atoms with Gasteiger partial charge in [0.15, 0.2) is 11.5 Å². The van der Waals surface area contributed by atoms with Crippen LogP contribution >= 0.6 is 0 Å². The largest absolute Gasteiger partial charge is 0.391 e. The molecule has 0 spiro atoms. The minimum Gasteiger partial charge on any atom is -0.391 e. The summed E-state index contributed by atoms with van der Waals surface area (Å²) in [5, 5.41) is 20.0. The molecule has 2 rings (SSSR count). The third-order valence-corrected chi connectivity index (χ3v) is 2.71. The standard InChI is InChI=1S/C11H16N4O2/c1-2-12-11(17)9-3-4-10(14-13-9)15-6-5-8(16)7-15/h3-4,8,16H,2,5-7H2,1H3,(H,12,17)/t8-/m1/s1. The van der Waals surface area contributed by atoms with Gasteiger partial charge < -0.3 is 15.3 Å². The zero-order chi connectivity index (χ0) is 12.3. The maximum absolute atomic E-state index is 11.5. The zero-order valence-corrected chi connectivity index (χ0v) is 9.76. The van der Waals surface area contributed by atoms with Crippen LogP contribution < -0.4 is 10.2 Å². The first kappa shape index (κ1) is 11.8. The summed E-state index contributed by atoms with van der Waals surface area (Å²) in [7, 11) is 0. The Morgan fingerprint density at radius 1 is 1.59 bits per heavy atom. The molecule has 1 aromatic rings. The highest BCUT2D eigenvalue weighted by molar-refractivity contribution is 5.92. The second kappa shape index (κ2) is 5.09. The molecular weight excluding hydrogens is 220 g/mol. The van der Waals surface area contributed by atoms with Crippen molar-refractivity contribution < 1.29 is 9.90 Å². The number of rotatable bonds is 3. The van der Waals surface area contributed by atoms with E-state index in [1.165, 1.54) is 0 Å². The van der Waals surface area contributed by atoms with E-state index in [0.717, 1.165) is 13.0 Å². The van der Waals surface area contributed by atoms with Crippen LogP contribution in [0.1, 0.15) is 23.8 Å². The van der Waals surface area contributed by atoms with Gasteiger partial charge in [0.2, 0.25) is 0 Å². The summed E-state index contributed by atoms with van der Waals surface area (Å²) in [6, 6.07) is 3.41. The van der Waals surface area contributed by atoms with Crippen LogP contribution in [-0.2, 0) is 0 Å². The number of aliphatic hydroxyl groups is 1. The topological polar surface area (TPSA) is 78.4 Å². The average molecular weight is 236 g/mol. The molecule has 0 unspecified atom stereocenters. The SMILES string of the molecule is CCNC(=O)c1ccc(N2CC[C@@H](O)C2)nn1. The summed E-state index contributed by atoms with van der Waals surface area (Å²) >= 11 is 0. The number of aliphatic hydroxyl groups excluding tert-OH is 1. The van der Waals surface area contributed by atoms with Gasteiger partial charge in [-0.2, -0.15) is 0 Å². The Bertz CT molecular complexity index is 393. The molecule has 1 aliphatic rings. The first-order chi connectivity index (χ1) is 8.20. The number of aromatic nitrogens is 2. The Labute approximate surface area is 99.7 Å². The van der Waals surface area contributed by atoms with Crippen LogP contribution in [-0.4, -0.2) is 46.9 Å². The van der Waals surface area contributed by atoms with Crippen LogP contribution in [0.3, 0.4) is 0 Å². The molecule has 1 amide bonds. The monoisotopic (exact) mass is 236 g/mol. The maximum atomic E-state index is 11.5. The molecule has 0 bridgehead atoms. The van der Waals surface area contributed by atoms with Crippen LogP contribution in [0, 0.1) is 0 Å². The molecule has 92 valence electrons. The van der Waals surface area contributed by atoms with Crippen LogP contribution in [0.5, 0.6) is 0 Å². The van der Waals surface area contributed by atoms with Gasteiger partial charge in [-0.3, -0.25) is 4.79 Å². The molecule has 2 heterocycles. The van der Waals surface area contributed by atoms with E-state index in [-0.39, 0.29) is 12.0 Å². The lowest BCUT2D eigenvalue weighted by molar-refractivity contribution is 0.0950. The smallest absolute Gasteiger partial charge is 0.271 e. The van der Waals surface area contributed by atoms with Gasteiger partial charge in [0.25, 0.3) is 5.91 Å². The third-order valence-electron chi connectivity index (χ3n) is 2.71. The molecular formula is C11H16N4O2. The summed E-state index contributed by atoms with van der Waals surface area (Å²) in [6.07, 6.45) is 0.458. The van der Waals surface area contributed by atoms with Gasteiger partial charge in [0.05, 0.1) is 6.10 Å². The van der Waals surface area contributed by atoms with E-state index in [1.54, 1.807) is 12.1 Å². The predicted octanol–water partition coefficient (Wildman–Crippen LogP) is -0.203. The Balaban J connectivity index is 2.05. The summed E-state index contributed by atoms with van der Waals surface area (Å²) in [5.41, 5.74) is 0.315. The first-order valence-electron chi connectivity index (χ1n) is 5.75. The molecule has 6 nitrogen and oxygen atoms in total. The minimum atomic E-state index is -0.292. The van der Waals surface area contributed by atoms with Gasteiger partial charge >= 0.3 is 0 Å². The van der Waals surface area contributed by atoms with E-state index in [9.17, 15) is 9.90 Å². The fraction of sp³-hybridized carbons (Fsp3) is 0.545. The molecule has 0 aromatic carbocycles. The number of amides is 1. The van der Waals surface area contributed by atoms with Crippen LogP contribution in [0.15, 0.2) is 12.1 Å². The average Bonchev–Trinajstić information content (AvgIpc) is 2.76. The maximum Gasteiger partial charge on any atom is 0.271 e. The van der Waals surface area contributed by atoms with Gasteiger partial charge in [-0.15, -0.1) is 10.2 Å². The lowest BCUT2D eigenvalue weighted by Gasteiger charge is -2.15. The number of β-amino-alcohol motifs (C(OH)–C–C–N with tert-alkyl or cyclic N) is 1. The minimum absolute atomic E-state index is 0.215. The van der Waals surface area contributed by atoms with E-state index in [0.29, 0.717) is 24.6 Å². The van der Waals surface area contributed by atoms with Crippen molar-refractivity contribution >= 4 is 11.7 Å². The second-order valence-corrected chi connectivity index (χ2v) is 4.02. The molecule has 1 aromatic heterocycles. The van der Waals surface area contributed by atoms with Crippen molar-refractivity contribution in [1.82, 2.24) is 15.5 Å². The molecule has 1 fully saturated rings. The van der Waals surface area contributed by atoms with Crippen molar-refractivity contribution in [2.24, 2.45) is 0 Å². The van der Waals surface area contributed by atoms with Gasteiger partial charge in [-0.25, -0.2) is 0 Å². The van der Waals surface area contributed by atoms with Crippen LogP contribution in [0.25, 0.3) is 0 Å². The summed E-state index contributed by atoms with van der Waals surface area (Å²) in [4.78, 5) is 13.4. The van der Waals surface area contributed by atoms with E-state index < -0.39 is 0 Å². The lowest BCUT2D eigenvalue weighted by Crippen LogP contribution is -2.26. The third kappa shape index (κ3) is 2.71. The van der Waals surface area contributed by atoms with Gasteiger partial charge in [0.1, 0.15) is 0 Å². The van der Waals surface area contributed by atoms with Crippen molar-refractivity contribution in [3.05, 3.63) is 17.8 Å². The molecule has 1 atom stereocenters. The van der Waals surface area contributed by atoms with Crippen molar-refractivity contribution in [2.45, 2.75) is 19.4 Å². The quantitative estimate of drug-likeness (QED) is 0.759. The number of nitrogens with zero attached hydrogens (tertiary/aromatic N) is 3. The molecule has 0 aliphatic carbocycles. The van der Waals surface area contributed by atoms with Crippen molar-refractivity contribution in [1.29, 1.82) is 0 Å². The summed E-state index contributed by atoms with van der Waals surface area (Å²) < 4.78 is 0. The summed E-state index contributed by atoms with van der Waals surface area (Å²) in [5.74, 6) is 0.489. The van der Waals surface area contributed by atoms with E-state index in [4.69, 9.17) is 0 Å². The number of anilines is 1. The van der Waals surface area contributed by atoms with Gasteiger partial charge in [-0.1, -0.05) is 0 Å². The highest BCUT2D eigenvalue weighted by Gasteiger charge is 2.21. The number of hydrogen-bond acceptors (Lipinski definition) is 5. The Kier molecular flexibility index (Phi) is 3.53. The van der Waals surface area contributed by atoms with Crippen molar-refractivity contribution in [3.63, 3.8) is 0 Å². The first-order valence-corrected chi connectivity index (χ1v) is 5.75. The van der Waals surface area contributed by atoms with E-state index in [2.05, 4.69) is 15.5 Å². The molecule has 6 heteroatoms. The number of hydrogen-bond donors (Lipinski definition) is 2. The fourth-order valence-electron chi connectivity index (χ4n) is 1.82. The predicted molar refractivity (Wildman–Crippen MR) is 62.9 cm³/mol. The lowest BCUT2D eigenvalue weighted by atomic mass is 10.3. The fourth-order valence-corrected chi connectivity index (χ4v) is 1.82. The molecule has 2 N–H and O–H groups in total. The number of carbonyl (C=O) groups excluding carboxylic acids is 1. The number of carbonyl (C=O) groups is 1. The Hall–Kier alpha value is -1.69. The van der Waals surface area contributed by atoms with Gasteiger partial charge in [-0.05, 0) is 25.5 Å². The normalized spacial score (nSPS) is 19.4. The zero-order valence-electron chi connectivity index (χ0n) is 9.76. The number of nitrogens with one attached hydrogen (secondary N) is 1. The van der Waals surface area contributed by atoms with E-state index in [1.807, 2.05) is 11.8 Å². The van der Waals surface area contributed by atoms with Crippen molar-refractivity contribution in [3.8, 4) is 0 Å². The molecule has 17 heavy (non-hydrogen) atoms. The van der Waals surface area contributed by atoms with Crippen LogP contribution in [0.2, 0.25) is 0 Å². The van der Waals surface area contributed by atoms with Crippen molar-refractivity contribution in [2.75, 3.05) is 24.5 Å². The van der Waals surface area contributed by atoms with E-state index >= 15 is 0 Å². The van der Waals surface area contributed by atoms with Gasteiger partial charge in [0, 0.05) is 19.6 Å².